The largest absolute Gasteiger partial charge is 0.491 e. The van der Waals surface area contributed by atoms with Gasteiger partial charge < -0.3 is 29.7 Å². The minimum atomic E-state index is -0.278. The van der Waals surface area contributed by atoms with E-state index < -0.39 is 0 Å². The highest BCUT2D eigenvalue weighted by molar-refractivity contribution is 6.05. The number of ether oxygens (including phenoxy) is 3. The summed E-state index contributed by atoms with van der Waals surface area (Å²) in [5.74, 6) is 1.55. The number of nitrogens with zero attached hydrogens (tertiary/aromatic N) is 1. The lowest BCUT2D eigenvalue weighted by Gasteiger charge is -2.30. The normalized spacial score (nSPS) is 20.4. The molecule has 0 unspecified atom stereocenters. The van der Waals surface area contributed by atoms with Gasteiger partial charge in [-0.1, -0.05) is 25.1 Å². The van der Waals surface area contributed by atoms with E-state index in [-0.39, 0.29) is 29.9 Å². The van der Waals surface area contributed by atoms with Gasteiger partial charge in [-0.25, -0.2) is 0 Å². The fourth-order valence-corrected chi connectivity index (χ4v) is 4.24. The van der Waals surface area contributed by atoms with Crippen molar-refractivity contribution in [3.05, 3.63) is 83.9 Å². The Kier molecular flexibility index (Phi) is 8.99. The van der Waals surface area contributed by atoms with E-state index in [1.54, 1.807) is 61.5 Å². The highest BCUT2D eigenvalue weighted by Crippen LogP contribution is 2.27. The second-order valence-corrected chi connectivity index (χ2v) is 9.66. The Labute approximate surface area is 223 Å². The predicted octanol–water partition coefficient (Wildman–Crippen LogP) is 4.82. The van der Waals surface area contributed by atoms with Crippen LogP contribution in [0.4, 0.5) is 5.69 Å². The van der Waals surface area contributed by atoms with Gasteiger partial charge >= 0.3 is 0 Å². The third kappa shape index (κ3) is 6.90. The van der Waals surface area contributed by atoms with Gasteiger partial charge in [-0.15, -0.1) is 0 Å². The van der Waals surface area contributed by atoms with E-state index in [0.29, 0.717) is 41.5 Å². The van der Waals surface area contributed by atoms with Gasteiger partial charge in [0.05, 0.1) is 11.7 Å². The summed E-state index contributed by atoms with van der Waals surface area (Å²) in [5, 5.41) is 6.37. The van der Waals surface area contributed by atoms with Crippen LogP contribution < -0.4 is 20.1 Å². The van der Waals surface area contributed by atoms with Gasteiger partial charge in [0, 0.05) is 50.6 Å². The Hall–Kier alpha value is -3.88. The van der Waals surface area contributed by atoms with Crippen molar-refractivity contribution in [1.29, 1.82) is 0 Å². The molecule has 4 rings (SSSR count). The summed E-state index contributed by atoms with van der Waals surface area (Å²) in [6, 6.07) is 21.5. The standard InChI is InChI=1S/C30H35N3O5/c1-20-17-31-21(2)19-37-27-16-23(12-15-26(27)30(35)33(3)18-28(20)36-4)32-29(34)22-10-13-25(14-11-22)38-24-8-6-5-7-9-24/h5-16,20-21,28,31H,17-19H2,1-4H3,(H,32,34)/t20-,21-,28+/m0/s1. The molecule has 38 heavy (non-hydrogen) atoms. The van der Waals surface area contributed by atoms with Crippen molar-refractivity contribution in [2.24, 2.45) is 5.92 Å². The molecule has 3 aromatic rings. The number of hydrogen-bond donors (Lipinski definition) is 2. The van der Waals surface area contributed by atoms with Crippen LogP contribution in [-0.2, 0) is 4.74 Å². The minimum Gasteiger partial charge on any atom is -0.491 e. The predicted molar refractivity (Wildman–Crippen MR) is 147 cm³/mol. The molecule has 1 heterocycles. The number of hydrogen-bond acceptors (Lipinski definition) is 6. The Balaban J connectivity index is 1.49. The average Bonchev–Trinajstić information content (AvgIpc) is 2.93. The summed E-state index contributed by atoms with van der Waals surface area (Å²) in [6.07, 6.45) is -0.101. The second-order valence-electron chi connectivity index (χ2n) is 9.66. The molecule has 1 aliphatic rings. The molecule has 0 aliphatic carbocycles. The Morgan fingerprint density at radius 1 is 1.03 bits per heavy atom. The summed E-state index contributed by atoms with van der Waals surface area (Å²) in [4.78, 5) is 27.9. The minimum absolute atomic E-state index is 0.0601. The molecular weight excluding hydrogens is 482 g/mol. The van der Waals surface area contributed by atoms with Crippen molar-refractivity contribution < 1.29 is 23.8 Å². The second kappa shape index (κ2) is 12.6. The van der Waals surface area contributed by atoms with Crippen molar-refractivity contribution in [2.75, 3.05) is 39.2 Å². The number of methoxy groups -OCH3 is 1. The Morgan fingerprint density at radius 2 is 1.74 bits per heavy atom. The van der Waals surface area contributed by atoms with Crippen molar-refractivity contribution in [3.63, 3.8) is 0 Å². The number of carbonyl (C=O) groups excluding carboxylic acids is 2. The van der Waals surface area contributed by atoms with Crippen LogP contribution in [-0.4, -0.2) is 62.7 Å². The number of fused-ring (bicyclic) bond motifs is 1. The molecule has 8 nitrogen and oxygen atoms in total. The van der Waals surface area contributed by atoms with Gasteiger partial charge in [-0.2, -0.15) is 0 Å². The van der Waals surface area contributed by atoms with Crippen LogP contribution in [0.2, 0.25) is 0 Å². The van der Waals surface area contributed by atoms with Gasteiger partial charge in [-0.3, -0.25) is 9.59 Å². The van der Waals surface area contributed by atoms with Crippen molar-refractivity contribution in [1.82, 2.24) is 10.2 Å². The fraction of sp³-hybridized carbons (Fsp3) is 0.333. The molecule has 8 heteroatoms. The Morgan fingerprint density at radius 3 is 2.45 bits per heavy atom. The Bertz CT molecular complexity index is 1230. The molecule has 2 amide bonds. The summed E-state index contributed by atoms with van der Waals surface area (Å²) >= 11 is 0. The molecule has 0 aromatic heterocycles. The van der Waals surface area contributed by atoms with E-state index in [2.05, 4.69) is 17.6 Å². The molecule has 2 N–H and O–H groups in total. The molecule has 200 valence electrons. The van der Waals surface area contributed by atoms with Crippen LogP contribution in [0.3, 0.4) is 0 Å². The van der Waals surface area contributed by atoms with Crippen LogP contribution in [0.1, 0.15) is 34.6 Å². The van der Waals surface area contributed by atoms with Crippen molar-refractivity contribution in [2.45, 2.75) is 26.0 Å². The highest BCUT2D eigenvalue weighted by Gasteiger charge is 2.25. The molecule has 3 atom stereocenters. The summed E-state index contributed by atoms with van der Waals surface area (Å²) in [7, 11) is 3.43. The molecule has 0 radical (unpaired) electrons. The number of amides is 2. The van der Waals surface area contributed by atoms with Crippen molar-refractivity contribution >= 4 is 17.5 Å². The first-order valence-corrected chi connectivity index (χ1v) is 12.8. The fourth-order valence-electron chi connectivity index (χ4n) is 4.24. The van der Waals surface area contributed by atoms with Crippen LogP contribution in [0.5, 0.6) is 17.2 Å². The molecule has 0 fully saturated rings. The maximum Gasteiger partial charge on any atom is 0.257 e. The van der Waals surface area contributed by atoms with E-state index in [4.69, 9.17) is 14.2 Å². The lowest BCUT2D eigenvalue weighted by Crippen LogP contribution is -2.44. The number of benzene rings is 3. The van der Waals surface area contributed by atoms with Gasteiger partial charge in [0.2, 0.25) is 0 Å². The van der Waals surface area contributed by atoms with E-state index >= 15 is 0 Å². The van der Waals surface area contributed by atoms with Crippen LogP contribution in [0, 0.1) is 5.92 Å². The van der Waals surface area contributed by atoms with Crippen LogP contribution in [0.25, 0.3) is 0 Å². The first-order valence-electron chi connectivity index (χ1n) is 12.8. The smallest absolute Gasteiger partial charge is 0.257 e. The molecule has 0 saturated carbocycles. The van der Waals surface area contributed by atoms with Gasteiger partial charge in [0.1, 0.15) is 23.9 Å². The van der Waals surface area contributed by atoms with E-state index in [9.17, 15) is 9.59 Å². The number of rotatable bonds is 5. The zero-order chi connectivity index (χ0) is 27.1. The summed E-state index contributed by atoms with van der Waals surface area (Å²) in [6.45, 7) is 5.70. The first kappa shape index (κ1) is 27.2. The molecule has 0 saturated heterocycles. The monoisotopic (exact) mass is 517 g/mol. The quantitative estimate of drug-likeness (QED) is 0.504. The molecular formula is C30H35N3O5. The van der Waals surface area contributed by atoms with E-state index in [1.807, 2.05) is 37.3 Å². The third-order valence-corrected chi connectivity index (χ3v) is 6.58. The number of carbonyl (C=O) groups is 2. The first-order chi connectivity index (χ1) is 18.3. The zero-order valence-corrected chi connectivity index (χ0v) is 22.3. The lowest BCUT2D eigenvalue weighted by atomic mass is 10.0. The molecule has 3 aromatic carbocycles. The maximum absolute atomic E-state index is 13.3. The lowest BCUT2D eigenvalue weighted by molar-refractivity contribution is 0.0281. The van der Waals surface area contributed by atoms with Gasteiger partial charge in [0.25, 0.3) is 11.8 Å². The number of likely N-dealkylation sites (N-methyl/N-ethyl adjacent to an activating group) is 1. The number of nitrogens with one attached hydrogen (secondary N) is 2. The van der Waals surface area contributed by atoms with Gasteiger partial charge in [0.15, 0.2) is 0 Å². The zero-order valence-electron chi connectivity index (χ0n) is 22.3. The maximum atomic E-state index is 13.3. The topological polar surface area (TPSA) is 89.1 Å². The molecule has 0 spiro atoms. The van der Waals surface area contributed by atoms with E-state index in [1.165, 1.54) is 0 Å². The van der Waals surface area contributed by atoms with Crippen LogP contribution >= 0.6 is 0 Å². The summed E-state index contributed by atoms with van der Waals surface area (Å²) < 4.78 is 17.5. The van der Waals surface area contributed by atoms with E-state index in [0.717, 1.165) is 12.3 Å². The molecule has 1 aliphatic heterocycles. The van der Waals surface area contributed by atoms with Gasteiger partial charge in [-0.05, 0) is 61.4 Å². The third-order valence-electron chi connectivity index (χ3n) is 6.58. The SMILES string of the molecule is CO[C@@H]1CN(C)C(=O)c2ccc(NC(=O)c3ccc(Oc4ccccc4)cc3)cc2OC[C@H](C)NC[C@@H]1C. The highest BCUT2D eigenvalue weighted by atomic mass is 16.5. The number of anilines is 1. The number of para-hydroxylation sites is 1. The molecule has 0 bridgehead atoms. The van der Waals surface area contributed by atoms with Crippen LogP contribution in [0.15, 0.2) is 72.8 Å². The van der Waals surface area contributed by atoms with Crippen molar-refractivity contribution in [3.8, 4) is 17.2 Å². The summed E-state index contributed by atoms with van der Waals surface area (Å²) in [5.41, 5.74) is 1.44. The average molecular weight is 518 g/mol.